The predicted octanol–water partition coefficient (Wildman–Crippen LogP) is 2.27. The molecule has 2 aromatic heterocycles. The van der Waals surface area contributed by atoms with E-state index >= 15 is 0 Å². The highest BCUT2D eigenvalue weighted by atomic mass is 16.5. The molecular weight excluding hydrogens is 342 g/mol. The molecule has 3 aromatic rings. The Bertz CT molecular complexity index is 882. The maximum atomic E-state index is 12.5. The van der Waals surface area contributed by atoms with Gasteiger partial charge in [0.1, 0.15) is 18.1 Å². The van der Waals surface area contributed by atoms with Crippen molar-refractivity contribution >= 4 is 5.91 Å². The van der Waals surface area contributed by atoms with Crippen LogP contribution < -0.4 is 4.74 Å². The molecule has 1 fully saturated rings. The first-order valence-electron chi connectivity index (χ1n) is 9.03. The van der Waals surface area contributed by atoms with Crippen LogP contribution in [0.15, 0.2) is 61.1 Å². The van der Waals surface area contributed by atoms with Gasteiger partial charge in [0.15, 0.2) is 0 Å². The summed E-state index contributed by atoms with van der Waals surface area (Å²) in [4.78, 5) is 18.4. The molecule has 7 heteroatoms. The number of pyridine rings is 1. The normalized spacial score (nSPS) is 16.4. The lowest BCUT2D eigenvalue weighted by molar-refractivity contribution is -0.129. The fourth-order valence-electron chi connectivity index (χ4n) is 3.21. The highest BCUT2D eigenvalue weighted by Gasteiger charge is 2.28. The molecule has 1 unspecified atom stereocenters. The highest BCUT2D eigenvalue weighted by Crippen LogP contribution is 2.22. The Labute approximate surface area is 157 Å². The standard InChI is InChI=1S/C20H21N5O2/c26-20(11-16-5-4-9-21-12-16)24-10-8-18(14-24)25-13-17(22-23-25)15-27-19-6-2-1-3-7-19/h1-7,9,12-13,18H,8,10-11,14-15H2. The largest absolute Gasteiger partial charge is 0.487 e. The molecule has 1 amide bonds. The number of likely N-dealkylation sites (tertiary alicyclic amines) is 1. The van der Waals surface area contributed by atoms with Crippen LogP contribution in [0, 0.1) is 0 Å². The Kier molecular flexibility index (Phi) is 5.09. The molecule has 3 heterocycles. The molecule has 0 radical (unpaired) electrons. The molecule has 7 nitrogen and oxygen atoms in total. The zero-order valence-corrected chi connectivity index (χ0v) is 14.9. The van der Waals surface area contributed by atoms with Gasteiger partial charge in [-0.15, -0.1) is 5.10 Å². The molecule has 0 bridgehead atoms. The van der Waals surface area contributed by atoms with E-state index in [1.807, 2.05) is 58.2 Å². The number of nitrogens with zero attached hydrogens (tertiary/aromatic N) is 5. The molecule has 1 atom stereocenters. The fourth-order valence-corrected chi connectivity index (χ4v) is 3.21. The van der Waals surface area contributed by atoms with Gasteiger partial charge >= 0.3 is 0 Å². The molecule has 27 heavy (non-hydrogen) atoms. The molecule has 0 N–H and O–H groups in total. The third kappa shape index (κ3) is 4.31. The summed E-state index contributed by atoms with van der Waals surface area (Å²) in [7, 11) is 0. The van der Waals surface area contributed by atoms with Crippen molar-refractivity contribution < 1.29 is 9.53 Å². The van der Waals surface area contributed by atoms with Crippen molar-refractivity contribution in [1.82, 2.24) is 24.9 Å². The summed E-state index contributed by atoms with van der Waals surface area (Å²) in [6.07, 6.45) is 6.61. The highest BCUT2D eigenvalue weighted by molar-refractivity contribution is 5.79. The smallest absolute Gasteiger partial charge is 0.227 e. The molecular formula is C20H21N5O2. The van der Waals surface area contributed by atoms with Gasteiger partial charge in [-0.1, -0.05) is 29.5 Å². The second-order valence-corrected chi connectivity index (χ2v) is 6.61. The lowest BCUT2D eigenvalue weighted by Gasteiger charge is -2.16. The van der Waals surface area contributed by atoms with E-state index in [4.69, 9.17) is 4.74 Å². The molecule has 1 aliphatic heterocycles. The van der Waals surface area contributed by atoms with E-state index in [0.29, 0.717) is 19.6 Å². The van der Waals surface area contributed by atoms with Crippen LogP contribution >= 0.6 is 0 Å². The molecule has 0 aliphatic carbocycles. The number of para-hydroxylation sites is 1. The van der Waals surface area contributed by atoms with Crippen LogP contribution in [0.3, 0.4) is 0 Å². The average molecular weight is 363 g/mol. The minimum Gasteiger partial charge on any atom is -0.487 e. The Balaban J connectivity index is 1.31. The van der Waals surface area contributed by atoms with E-state index in [2.05, 4.69) is 15.3 Å². The SMILES string of the molecule is O=C(Cc1cccnc1)N1CCC(n2cc(COc3ccccc3)nn2)C1. The summed E-state index contributed by atoms with van der Waals surface area (Å²) in [5.41, 5.74) is 1.71. The number of hydrogen-bond acceptors (Lipinski definition) is 5. The van der Waals surface area contributed by atoms with E-state index in [9.17, 15) is 4.79 Å². The summed E-state index contributed by atoms with van der Waals surface area (Å²) in [5, 5.41) is 8.42. The van der Waals surface area contributed by atoms with Crippen LogP contribution in [0.1, 0.15) is 23.7 Å². The third-order valence-electron chi connectivity index (χ3n) is 4.66. The Hall–Kier alpha value is -3.22. The lowest BCUT2D eigenvalue weighted by atomic mass is 10.2. The van der Waals surface area contributed by atoms with Gasteiger partial charge < -0.3 is 9.64 Å². The molecule has 1 aliphatic rings. The second-order valence-electron chi connectivity index (χ2n) is 6.61. The van der Waals surface area contributed by atoms with E-state index in [0.717, 1.165) is 30.0 Å². The first-order valence-corrected chi connectivity index (χ1v) is 9.03. The van der Waals surface area contributed by atoms with Gasteiger partial charge in [-0.25, -0.2) is 4.68 Å². The molecule has 138 valence electrons. The van der Waals surface area contributed by atoms with Gasteiger partial charge in [-0.2, -0.15) is 0 Å². The van der Waals surface area contributed by atoms with Crippen molar-refractivity contribution in [3.8, 4) is 5.75 Å². The molecule has 0 spiro atoms. The maximum absolute atomic E-state index is 12.5. The molecule has 1 saturated heterocycles. The number of carbonyl (C=O) groups excluding carboxylic acids is 1. The maximum Gasteiger partial charge on any atom is 0.227 e. The number of carbonyl (C=O) groups is 1. The van der Waals surface area contributed by atoms with Crippen molar-refractivity contribution in [3.63, 3.8) is 0 Å². The van der Waals surface area contributed by atoms with Gasteiger partial charge in [-0.05, 0) is 30.2 Å². The fraction of sp³-hybridized carbons (Fsp3) is 0.300. The van der Waals surface area contributed by atoms with Crippen LogP contribution in [-0.4, -0.2) is 43.9 Å². The summed E-state index contributed by atoms with van der Waals surface area (Å²) >= 11 is 0. The van der Waals surface area contributed by atoms with E-state index in [1.54, 1.807) is 12.4 Å². The number of benzene rings is 1. The summed E-state index contributed by atoms with van der Waals surface area (Å²) in [5.74, 6) is 0.929. The van der Waals surface area contributed by atoms with Crippen LogP contribution in [0.25, 0.3) is 0 Å². The summed E-state index contributed by atoms with van der Waals surface area (Å²) < 4.78 is 7.56. The number of aromatic nitrogens is 4. The Morgan fingerprint density at radius 2 is 2.07 bits per heavy atom. The van der Waals surface area contributed by atoms with Crippen molar-refractivity contribution in [1.29, 1.82) is 0 Å². The third-order valence-corrected chi connectivity index (χ3v) is 4.66. The topological polar surface area (TPSA) is 73.1 Å². The van der Waals surface area contributed by atoms with Crippen LogP contribution in [0.5, 0.6) is 5.75 Å². The summed E-state index contributed by atoms with van der Waals surface area (Å²) in [6.45, 7) is 1.77. The van der Waals surface area contributed by atoms with E-state index in [-0.39, 0.29) is 11.9 Å². The molecule has 4 rings (SSSR count). The molecule has 0 saturated carbocycles. The Morgan fingerprint density at radius 1 is 1.19 bits per heavy atom. The van der Waals surface area contributed by atoms with Gasteiger partial charge in [-0.3, -0.25) is 9.78 Å². The average Bonchev–Trinajstić information content (AvgIpc) is 3.37. The number of hydrogen-bond donors (Lipinski definition) is 0. The second kappa shape index (κ2) is 7.99. The number of rotatable bonds is 6. The van der Waals surface area contributed by atoms with E-state index in [1.165, 1.54) is 0 Å². The van der Waals surface area contributed by atoms with Crippen molar-refractivity contribution in [3.05, 3.63) is 72.3 Å². The zero-order valence-electron chi connectivity index (χ0n) is 14.9. The number of ether oxygens (including phenoxy) is 1. The Morgan fingerprint density at radius 3 is 2.89 bits per heavy atom. The summed E-state index contributed by atoms with van der Waals surface area (Å²) in [6, 6.07) is 13.6. The predicted molar refractivity (Wildman–Crippen MR) is 99.0 cm³/mol. The van der Waals surface area contributed by atoms with Gasteiger partial charge in [0.05, 0.1) is 18.7 Å². The van der Waals surface area contributed by atoms with Gasteiger partial charge in [0.25, 0.3) is 0 Å². The van der Waals surface area contributed by atoms with Crippen molar-refractivity contribution in [2.75, 3.05) is 13.1 Å². The van der Waals surface area contributed by atoms with Gasteiger partial charge in [0.2, 0.25) is 5.91 Å². The molecule has 1 aromatic carbocycles. The quantitative estimate of drug-likeness (QED) is 0.672. The minimum atomic E-state index is 0.123. The van der Waals surface area contributed by atoms with E-state index < -0.39 is 0 Å². The van der Waals surface area contributed by atoms with Crippen LogP contribution in [-0.2, 0) is 17.8 Å². The zero-order chi connectivity index (χ0) is 18.5. The monoisotopic (exact) mass is 363 g/mol. The van der Waals surface area contributed by atoms with Crippen LogP contribution in [0.4, 0.5) is 0 Å². The lowest BCUT2D eigenvalue weighted by Crippen LogP contribution is -2.30. The first kappa shape index (κ1) is 17.2. The van der Waals surface area contributed by atoms with Crippen molar-refractivity contribution in [2.45, 2.75) is 25.5 Å². The number of amides is 1. The van der Waals surface area contributed by atoms with Crippen molar-refractivity contribution in [2.24, 2.45) is 0 Å². The van der Waals surface area contributed by atoms with Gasteiger partial charge in [0, 0.05) is 25.5 Å². The minimum absolute atomic E-state index is 0.123. The first-order chi connectivity index (χ1) is 13.3. The van der Waals surface area contributed by atoms with Crippen LogP contribution in [0.2, 0.25) is 0 Å².